The van der Waals surface area contributed by atoms with E-state index in [2.05, 4.69) is 9.97 Å². The maximum Gasteiger partial charge on any atom is 0.252 e. The molecular weight excluding hydrogens is 216 g/mol. The maximum absolute atomic E-state index is 13.4. The van der Waals surface area contributed by atoms with Crippen molar-refractivity contribution in [2.45, 2.75) is 0 Å². The molecule has 0 fully saturated rings. The number of hydrogen-bond acceptors (Lipinski definition) is 3. The number of nitrogens with two attached hydrogens (primary N) is 1. The molecule has 1 heterocycles. The number of nitrogen functional groups attached to an aromatic ring is 1. The molecule has 0 aliphatic carbocycles. The molecule has 16 heavy (non-hydrogen) atoms. The van der Waals surface area contributed by atoms with Crippen LogP contribution in [0.2, 0.25) is 0 Å². The largest absolute Gasteiger partial charge is 0.369 e. The van der Waals surface area contributed by atoms with E-state index in [1.807, 2.05) is 0 Å². The van der Waals surface area contributed by atoms with Crippen molar-refractivity contribution in [1.82, 2.24) is 9.97 Å². The summed E-state index contributed by atoms with van der Waals surface area (Å²) in [5, 5.41) is 0. The maximum atomic E-state index is 13.4. The molecule has 0 aliphatic heterocycles. The lowest BCUT2D eigenvalue weighted by Crippen LogP contribution is -2.10. The topological polar surface area (TPSA) is 71.8 Å². The Kier molecular flexibility index (Phi) is 2.40. The van der Waals surface area contributed by atoms with Gasteiger partial charge in [0.1, 0.15) is 11.6 Å². The van der Waals surface area contributed by atoms with Gasteiger partial charge in [0.05, 0.1) is 5.69 Å². The Hall–Kier alpha value is -2.24. The van der Waals surface area contributed by atoms with Gasteiger partial charge in [-0.25, -0.2) is 13.8 Å². The minimum Gasteiger partial charge on any atom is -0.369 e. The molecule has 4 nitrogen and oxygen atoms in total. The van der Waals surface area contributed by atoms with Crippen LogP contribution in [0.15, 0.2) is 29.1 Å². The minimum atomic E-state index is -0.794. The van der Waals surface area contributed by atoms with Crippen molar-refractivity contribution in [3.63, 3.8) is 0 Å². The Balaban J connectivity index is 2.63. The van der Waals surface area contributed by atoms with Crippen LogP contribution in [0.3, 0.4) is 0 Å². The van der Waals surface area contributed by atoms with Crippen molar-refractivity contribution in [1.29, 1.82) is 0 Å². The highest BCUT2D eigenvalue weighted by Gasteiger charge is 2.08. The molecule has 0 bridgehead atoms. The number of benzene rings is 1. The molecule has 6 heteroatoms. The van der Waals surface area contributed by atoms with Crippen LogP contribution in [-0.2, 0) is 0 Å². The van der Waals surface area contributed by atoms with Gasteiger partial charge in [-0.3, -0.25) is 9.78 Å². The van der Waals surface area contributed by atoms with Crippen LogP contribution in [0, 0.1) is 11.6 Å². The Morgan fingerprint density at radius 1 is 1.25 bits per heavy atom. The van der Waals surface area contributed by atoms with E-state index < -0.39 is 17.2 Å². The van der Waals surface area contributed by atoms with Gasteiger partial charge in [0, 0.05) is 17.7 Å². The zero-order valence-electron chi connectivity index (χ0n) is 8.00. The second kappa shape index (κ2) is 3.73. The number of nitrogens with one attached hydrogen (secondary N) is 1. The fourth-order valence-corrected chi connectivity index (χ4v) is 1.31. The smallest absolute Gasteiger partial charge is 0.252 e. The molecule has 0 unspecified atom stereocenters. The highest BCUT2D eigenvalue weighted by molar-refractivity contribution is 5.60. The zero-order valence-corrected chi connectivity index (χ0v) is 8.00. The molecule has 0 radical (unpaired) electrons. The first-order valence-corrected chi connectivity index (χ1v) is 4.38. The summed E-state index contributed by atoms with van der Waals surface area (Å²) in [4.78, 5) is 17.1. The van der Waals surface area contributed by atoms with E-state index in [1.165, 1.54) is 6.07 Å². The first-order valence-electron chi connectivity index (χ1n) is 4.38. The highest BCUT2D eigenvalue weighted by atomic mass is 19.1. The molecule has 0 saturated carbocycles. The van der Waals surface area contributed by atoms with Crippen molar-refractivity contribution >= 4 is 5.95 Å². The van der Waals surface area contributed by atoms with Crippen molar-refractivity contribution < 1.29 is 8.78 Å². The fourth-order valence-electron chi connectivity index (χ4n) is 1.31. The number of rotatable bonds is 1. The van der Waals surface area contributed by atoms with Gasteiger partial charge in [0.2, 0.25) is 5.95 Å². The van der Waals surface area contributed by atoms with Crippen LogP contribution in [-0.4, -0.2) is 9.97 Å². The molecule has 1 aromatic heterocycles. The van der Waals surface area contributed by atoms with E-state index in [1.54, 1.807) is 0 Å². The normalized spacial score (nSPS) is 10.4. The predicted molar refractivity (Wildman–Crippen MR) is 54.6 cm³/mol. The molecule has 0 amide bonds. The fraction of sp³-hybridized carbons (Fsp3) is 0. The van der Waals surface area contributed by atoms with Crippen molar-refractivity contribution in [3.05, 3.63) is 46.3 Å². The van der Waals surface area contributed by atoms with E-state index in [0.717, 1.165) is 12.1 Å². The third kappa shape index (κ3) is 1.90. The molecule has 82 valence electrons. The van der Waals surface area contributed by atoms with Crippen molar-refractivity contribution in [2.24, 2.45) is 0 Å². The van der Waals surface area contributed by atoms with Crippen LogP contribution in [0.5, 0.6) is 0 Å². The molecule has 2 aromatic rings. The average molecular weight is 223 g/mol. The standard InChI is InChI=1S/C10H7F2N3O/c11-5-1-2-6(7(12)3-5)8-4-9(16)15-10(13)14-8/h1-4H,(H3,13,14,15,16). The SMILES string of the molecule is Nc1nc(-c2ccc(F)cc2F)cc(=O)[nH]1. The van der Waals surface area contributed by atoms with Crippen LogP contribution in [0.1, 0.15) is 0 Å². The minimum absolute atomic E-state index is 0.0270. The number of aromatic nitrogens is 2. The quantitative estimate of drug-likeness (QED) is 0.765. The second-order valence-electron chi connectivity index (χ2n) is 3.14. The summed E-state index contributed by atoms with van der Waals surface area (Å²) in [6, 6.07) is 4.09. The summed E-state index contributed by atoms with van der Waals surface area (Å²) in [5.41, 5.74) is 4.91. The van der Waals surface area contributed by atoms with E-state index in [-0.39, 0.29) is 17.2 Å². The molecule has 3 N–H and O–H groups in total. The summed E-state index contributed by atoms with van der Waals surface area (Å²) < 4.78 is 26.0. The summed E-state index contributed by atoms with van der Waals surface area (Å²) >= 11 is 0. The van der Waals surface area contributed by atoms with Crippen molar-refractivity contribution in [3.8, 4) is 11.3 Å². The third-order valence-corrected chi connectivity index (χ3v) is 1.97. The van der Waals surface area contributed by atoms with Gasteiger partial charge in [0.25, 0.3) is 5.56 Å². The first kappa shape index (κ1) is 10.3. The third-order valence-electron chi connectivity index (χ3n) is 1.97. The van der Waals surface area contributed by atoms with Gasteiger partial charge in [-0.2, -0.15) is 0 Å². The van der Waals surface area contributed by atoms with E-state index >= 15 is 0 Å². The number of nitrogens with zero attached hydrogens (tertiary/aromatic N) is 1. The van der Waals surface area contributed by atoms with Crippen LogP contribution < -0.4 is 11.3 Å². The molecule has 0 saturated heterocycles. The Labute approximate surface area is 88.8 Å². The number of H-pyrrole nitrogens is 1. The molecule has 2 rings (SSSR count). The van der Waals surface area contributed by atoms with Gasteiger partial charge in [-0.15, -0.1) is 0 Å². The number of halogens is 2. The molecule has 1 aromatic carbocycles. The number of aromatic amines is 1. The summed E-state index contributed by atoms with van der Waals surface area (Å²) in [6.45, 7) is 0. The number of anilines is 1. The van der Waals surface area contributed by atoms with Gasteiger partial charge >= 0.3 is 0 Å². The van der Waals surface area contributed by atoms with E-state index in [0.29, 0.717) is 6.07 Å². The highest BCUT2D eigenvalue weighted by Crippen LogP contribution is 2.20. The Morgan fingerprint density at radius 3 is 2.62 bits per heavy atom. The van der Waals surface area contributed by atoms with Crippen molar-refractivity contribution in [2.75, 3.05) is 5.73 Å². The van der Waals surface area contributed by atoms with E-state index in [4.69, 9.17) is 5.73 Å². The van der Waals surface area contributed by atoms with Gasteiger partial charge < -0.3 is 5.73 Å². The van der Waals surface area contributed by atoms with Gasteiger partial charge in [-0.05, 0) is 12.1 Å². The Bertz CT molecular complexity index is 595. The van der Waals surface area contributed by atoms with Crippen LogP contribution in [0.4, 0.5) is 14.7 Å². The summed E-state index contributed by atoms with van der Waals surface area (Å²) in [6.07, 6.45) is 0. The monoisotopic (exact) mass is 223 g/mol. The van der Waals surface area contributed by atoms with E-state index in [9.17, 15) is 13.6 Å². The first-order chi connectivity index (χ1) is 7.56. The average Bonchev–Trinajstić information content (AvgIpc) is 2.15. The molecular formula is C10H7F2N3O. The lowest BCUT2D eigenvalue weighted by Gasteiger charge is -2.02. The van der Waals surface area contributed by atoms with Gasteiger partial charge in [-0.1, -0.05) is 0 Å². The lowest BCUT2D eigenvalue weighted by atomic mass is 10.1. The van der Waals surface area contributed by atoms with Crippen LogP contribution >= 0.6 is 0 Å². The number of hydrogen-bond donors (Lipinski definition) is 2. The zero-order chi connectivity index (χ0) is 11.7. The summed E-state index contributed by atoms with van der Waals surface area (Å²) in [5.74, 6) is -1.61. The van der Waals surface area contributed by atoms with Gasteiger partial charge in [0.15, 0.2) is 0 Å². The predicted octanol–water partition coefficient (Wildman–Crippen LogP) is 1.30. The Morgan fingerprint density at radius 2 is 2.00 bits per heavy atom. The summed E-state index contributed by atoms with van der Waals surface area (Å²) in [7, 11) is 0. The lowest BCUT2D eigenvalue weighted by molar-refractivity contribution is 0.585. The second-order valence-corrected chi connectivity index (χ2v) is 3.14. The van der Waals surface area contributed by atoms with Crippen LogP contribution in [0.25, 0.3) is 11.3 Å². The molecule has 0 aliphatic rings. The molecule has 0 spiro atoms. The molecule has 0 atom stereocenters.